The Hall–Kier alpha value is -2.51. The summed E-state index contributed by atoms with van der Waals surface area (Å²) < 4.78 is 1.90. The Morgan fingerprint density at radius 3 is 2.85 bits per heavy atom. The Kier molecular flexibility index (Phi) is 4.81. The number of piperidine rings is 1. The van der Waals surface area contributed by atoms with Crippen LogP contribution >= 0.6 is 11.3 Å². The van der Waals surface area contributed by atoms with Crippen molar-refractivity contribution in [3.05, 3.63) is 53.3 Å². The quantitative estimate of drug-likeness (QED) is 0.740. The van der Waals surface area contributed by atoms with Crippen LogP contribution in [0.1, 0.15) is 35.1 Å². The Morgan fingerprint density at radius 2 is 2.15 bits per heavy atom. The Bertz CT molecular complexity index is 893. The van der Waals surface area contributed by atoms with Crippen molar-refractivity contribution < 1.29 is 4.79 Å². The van der Waals surface area contributed by atoms with Crippen molar-refractivity contribution in [2.75, 3.05) is 18.4 Å². The molecule has 1 unspecified atom stereocenters. The van der Waals surface area contributed by atoms with E-state index >= 15 is 0 Å². The van der Waals surface area contributed by atoms with Gasteiger partial charge in [0.1, 0.15) is 5.01 Å². The van der Waals surface area contributed by atoms with E-state index in [1.807, 2.05) is 47.4 Å². The van der Waals surface area contributed by atoms with Gasteiger partial charge < -0.3 is 10.6 Å². The molecule has 2 N–H and O–H groups in total. The summed E-state index contributed by atoms with van der Waals surface area (Å²) in [4.78, 5) is 16.9. The van der Waals surface area contributed by atoms with Crippen LogP contribution < -0.4 is 10.6 Å². The molecule has 6 nitrogen and oxygen atoms in total. The lowest BCUT2D eigenvalue weighted by atomic mass is 10.1. The summed E-state index contributed by atoms with van der Waals surface area (Å²) in [7, 11) is 0. The molecule has 1 amide bonds. The first-order chi connectivity index (χ1) is 12.7. The second-order valence-corrected chi connectivity index (χ2v) is 7.36. The molecule has 1 aliphatic rings. The van der Waals surface area contributed by atoms with Crippen molar-refractivity contribution >= 4 is 22.9 Å². The van der Waals surface area contributed by atoms with Crippen LogP contribution in [0.2, 0.25) is 0 Å². The van der Waals surface area contributed by atoms with Gasteiger partial charge in [-0.05, 0) is 56.6 Å². The predicted octanol–water partition coefficient (Wildman–Crippen LogP) is 3.49. The number of rotatable bonds is 4. The summed E-state index contributed by atoms with van der Waals surface area (Å²) in [5, 5.41) is 13.7. The van der Waals surface area contributed by atoms with Gasteiger partial charge >= 0.3 is 0 Å². The predicted molar refractivity (Wildman–Crippen MR) is 104 cm³/mol. The van der Waals surface area contributed by atoms with Crippen LogP contribution in [0.25, 0.3) is 10.6 Å². The molecular weight excluding hydrogens is 346 g/mol. The first kappa shape index (κ1) is 16.9. The van der Waals surface area contributed by atoms with E-state index in [0.717, 1.165) is 47.9 Å². The summed E-state index contributed by atoms with van der Waals surface area (Å²) in [6.07, 6.45) is 4.12. The fourth-order valence-electron chi connectivity index (χ4n) is 3.10. The van der Waals surface area contributed by atoms with Gasteiger partial charge in [-0.15, -0.1) is 11.3 Å². The number of thiazole rings is 1. The number of amides is 1. The van der Waals surface area contributed by atoms with Crippen molar-refractivity contribution in [3.63, 3.8) is 0 Å². The van der Waals surface area contributed by atoms with Gasteiger partial charge in [-0.1, -0.05) is 0 Å². The average molecular weight is 367 g/mol. The Balaban J connectivity index is 1.42. The highest BCUT2D eigenvalue weighted by Gasteiger charge is 2.17. The van der Waals surface area contributed by atoms with Gasteiger partial charge in [-0.2, -0.15) is 5.10 Å². The number of hydrogen-bond donors (Lipinski definition) is 2. The average Bonchev–Trinajstić information content (AvgIpc) is 3.32. The summed E-state index contributed by atoms with van der Waals surface area (Å²) in [6, 6.07) is 9.83. The van der Waals surface area contributed by atoms with Gasteiger partial charge in [0.2, 0.25) is 0 Å². The van der Waals surface area contributed by atoms with Crippen LogP contribution in [0, 0.1) is 6.92 Å². The molecule has 0 aliphatic carbocycles. The van der Waals surface area contributed by atoms with Crippen molar-refractivity contribution in [1.29, 1.82) is 0 Å². The second kappa shape index (κ2) is 7.39. The summed E-state index contributed by atoms with van der Waals surface area (Å²) in [6.45, 7) is 3.94. The molecule has 1 aromatic carbocycles. The normalized spacial score (nSPS) is 17.2. The van der Waals surface area contributed by atoms with E-state index in [-0.39, 0.29) is 5.91 Å². The second-order valence-electron chi connectivity index (χ2n) is 6.51. The summed E-state index contributed by atoms with van der Waals surface area (Å²) in [5.41, 5.74) is 3.26. The number of aromatic nitrogens is 3. The minimum Gasteiger partial charge on any atom is -0.321 e. The third kappa shape index (κ3) is 3.68. The van der Waals surface area contributed by atoms with E-state index in [2.05, 4.69) is 20.7 Å². The first-order valence-corrected chi connectivity index (χ1v) is 9.67. The van der Waals surface area contributed by atoms with Gasteiger partial charge in [0.15, 0.2) is 5.69 Å². The van der Waals surface area contributed by atoms with Crippen LogP contribution in [-0.2, 0) is 0 Å². The lowest BCUT2D eigenvalue weighted by molar-refractivity contribution is 0.102. The van der Waals surface area contributed by atoms with Gasteiger partial charge in [0.25, 0.3) is 5.91 Å². The standard InChI is InChI=1S/C19H21N5OS/c1-13-12-26-19(21-13)14-4-6-15(7-5-14)22-18(25)17-8-10-24(23-17)16-3-2-9-20-11-16/h4-8,10,12,16,20H,2-3,9,11H2,1H3,(H,22,25). The first-order valence-electron chi connectivity index (χ1n) is 8.79. The van der Waals surface area contributed by atoms with Crippen molar-refractivity contribution in [1.82, 2.24) is 20.1 Å². The highest BCUT2D eigenvalue weighted by molar-refractivity contribution is 7.13. The third-order valence-corrected chi connectivity index (χ3v) is 5.50. The zero-order valence-corrected chi connectivity index (χ0v) is 15.4. The fourth-order valence-corrected chi connectivity index (χ4v) is 3.90. The van der Waals surface area contributed by atoms with E-state index < -0.39 is 0 Å². The summed E-state index contributed by atoms with van der Waals surface area (Å²) in [5.74, 6) is -0.189. The molecule has 0 saturated carbocycles. The van der Waals surface area contributed by atoms with Gasteiger partial charge in [-0.3, -0.25) is 9.48 Å². The zero-order valence-electron chi connectivity index (χ0n) is 14.6. The summed E-state index contributed by atoms with van der Waals surface area (Å²) >= 11 is 1.62. The number of nitrogens with one attached hydrogen (secondary N) is 2. The highest BCUT2D eigenvalue weighted by Crippen LogP contribution is 2.25. The van der Waals surface area contributed by atoms with Crippen LogP contribution in [0.3, 0.4) is 0 Å². The Morgan fingerprint density at radius 1 is 1.31 bits per heavy atom. The maximum absolute atomic E-state index is 12.5. The van der Waals surface area contributed by atoms with Crippen molar-refractivity contribution in [2.45, 2.75) is 25.8 Å². The lowest BCUT2D eigenvalue weighted by Crippen LogP contribution is -2.32. The lowest BCUT2D eigenvalue weighted by Gasteiger charge is -2.22. The van der Waals surface area contributed by atoms with E-state index in [4.69, 9.17) is 0 Å². The maximum atomic E-state index is 12.5. The minimum atomic E-state index is -0.189. The molecule has 1 atom stereocenters. The van der Waals surface area contributed by atoms with Gasteiger partial charge in [-0.25, -0.2) is 4.98 Å². The molecule has 7 heteroatoms. The SMILES string of the molecule is Cc1csc(-c2ccc(NC(=O)c3ccn(C4CCCNC4)n3)cc2)n1. The highest BCUT2D eigenvalue weighted by atomic mass is 32.1. The molecule has 134 valence electrons. The number of aryl methyl sites for hydroxylation is 1. The molecule has 2 aromatic heterocycles. The van der Waals surface area contributed by atoms with Crippen LogP contribution in [0.5, 0.6) is 0 Å². The fraction of sp³-hybridized carbons (Fsp3) is 0.316. The minimum absolute atomic E-state index is 0.189. The topological polar surface area (TPSA) is 71.8 Å². The van der Waals surface area contributed by atoms with Crippen LogP contribution in [-0.4, -0.2) is 33.8 Å². The smallest absolute Gasteiger partial charge is 0.276 e. The zero-order chi connectivity index (χ0) is 17.9. The van der Waals surface area contributed by atoms with Crippen molar-refractivity contribution in [3.8, 4) is 10.6 Å². The molecule has 1 fully saturated rings. The van der Waals surface area contributed by atoms with Crippen molar-refractivity contribution in [2.24, 2.45) is 0 Å². The number of nitrogens with zero attached hydrogens (tertiary/aromatic N) is 3. The molecule has 1 aliphatic heterocycles. The number of anilines is 1. The molecule has 3 heterocycles. The molecule has 1 saturated heterocycles. The number of carbonyl (C=O) groups excluding carboxylic acids is 1. The van der Waals surface area contributed by atoms with Crippen LogP contribution in [0.15, 0.2) is 41.9 Å². The Labute approximate surface area is 156 Å². The van der Waals surface area contributed by atoms with E-state index in [1.165, 1.54) is 0 Å². The molecule has 0 spiro atoms. The van der Waals surface area contributed by atoms with Crippen LogP contribution in [0.4, 0.5) is 5.69 Å². The number of carbonyl (C=O) groups is 1. The van der Waals surface area contributed by atoms with E-state index in [9.17, 15) is 4.79 Å². The molecule has 26 heavy (non-hydrogen) atoms. The molecular formula is C19H21N5OS. The molecule has 3 aromatic rings. The molecule has 0 bridgehead atoms. The third-order valence-electron chi connectivity index (χ3n) is 4.49. The van der Waals surface area contributed by atoms with Gasteiger partial charge in [0.05, 0.1) is 6.04 Å². The maximum Gasteiger partial charge on any atom is 0.276 e. The monoisotopic (exact) mass is 367 g/mol. The largest absolute Gasteiger partial charge is 0.321 e. The number of benzene rings is 1. The molecule has 0 radical (unpaired) electrons. The molecule has 4 rings (SSSR count). The van der Waals surface area contributed by atoms with E-state index in [1.54, 1.807) is 17.4 Å². The van der Waals surface area contributed by atoms with E-state index in [0.29, 0.717) is 11.7 Å². The number of hydrogen-bond acceptors (Lipinski definition) is 5. The van der Waals surface area contributed by atoms with Gasteiger partial charge in [0, 0.05) is 35.1 Å².